The molecule has 0 saturated carbocycles. The van der Waals surface area contributed by atoms with Crippen molar-refractivity contribution in [2.24, 2.45) is 0 Å². The van der Waals surface area contributed by atoms with E-state index >= 15 is 0 Å². The van der Waals surface area contributed by atoms with Crippen molar-refractivity contribution in [1.82, 2.24) is 10.1 Å². The summed E-state index contributed by atoms with van der Waals surface area (Å²) in [6.45, 7) is 2.06. The molecule has 3 rings (SSSR count). The SMILES string of the molecule is CCCC(O)Cc1nc(C2CCCc3ccccc32)no1. The van der Waals surface area contributed by atoms with Gasteiger partial charge in [-0.3, -0.25) is 0 Å². The van der Waals surface area contributed by atoms with Crippen LogP contribution in [0.15, 0.2) is 28.8 Å². The average molecular weight is 286 g/mol. The smallest absolute Gasteiger partial charge is 0.229 e. The van der Waals surface area contributed by atoms with Gasteiger partial charge in [-0.05, 0) is 36.8 Å². The minimum atomic E-state index is -0.387. The molecule has 0 amide bonds. The normalized spacial score (nSPS) is 19.2. The van der Waals surface area contributed by atoms with Crippen LogP contribution < -0.4 is 0 Å². The predicted molar refractivity (Wildman–Crippen MR) is 80.1 cm³/mol. The van der Waals surface area contributed by atoms with E-state index in [4.69, 9.17) is 4.52 Å². The third kappa shape index (κ3) is 3.16. The van der Waals surface area contributed by atoms with E-state index in [0.717, 1.165) is 37.9 Å². The number of rotatable bonds is 5. The van der Waals surface area contributed by atoms with Crippen molar-refractivity contribution in [3.8, 4) is 0 Å². The first-order valence-corrected chi connectivity index (χ1v) is 7.86. The van der Waals surface area contributed by atoms with Crippen molar-refractivity contribution in [2.45, 2.75) is 57.5 Å². The number of benzene rings is 1. The van der Waals surface area contributed by atoms with Crippen LogP contribution in [-0.4, -0.2) is 21.4 Å². The van der Waals surface area contributed by atoms with Crippen LogP contribution >= 0.6 is 0 Å². The van der Waals surface area contributed by atoms with Gasteiger partial charge in [-0.25, -0.2) is 0 Å². The van der Waals surface area contributed by atoms with Gasteiger partial charge in [-0.15, -0.1) is 0 Å². The summed E-state index contributed by atoms with van der Waals surface area (Å²) in [6.07, 6.45) is 5.14. The zero-order valence-electron chi connectivity index (χ0n) is 12.5. The summed E-state index contributed by atoms with van der Waals surface area (Å²) < 4.78 is 5.33. The van der Waals surface area contributed by atoms with Gasteiger partial charge in [0.05, 0.1) is 12.5 Å². The van der Waals surface area contributed by atoms with E-state index < -0.39 is 0 Å². The second kappa shape index (κ2) is 6.39. The molecule has 0 saturated heterocycles. The molecule has 0 spiro atoms. The number of hydrogen-bond acceptors (Lipinski definition) is 4. The fourth-order valence-electron chi connectivity index (χ4n) is 3.15. The fraction of sp³-hybridized carbons (Fsp3) is 0.529. The Morgan fingerprint density at radius 2 is 2.24 bits per heavy atom. The van der Waals surface area contributed by atoms with Crippen molar-refractivity contribution >= 4 is 0 Å². The van der Waals surface area contributed by atoms with Gasteiger partial charge < -0.3 is 9.63 Å². The molecule has 0 radical (unpaired) electrons. The molecule has 0 aliphatic heterocycles. The minimum Gasteiger partial charge on any atom is -0.393 e. The summed E-state index contributed by atoms with van der Waals surface area (Å²) in [5.41, 5.74) is 2.72. The molecule has 21 heavy (non-hydrogen) atoms. The molecule has 4 heteroatoms. The maximum atomic E-state index is 9.85. The molecule has 1 aromatic heterocycles. The highest BCUT2D eigenvalue weighted by Gasteiger charge is 2.26. The van der Waals surface area contributed by atoms with E-state index in [1.54, 1.807) is 0 Å². The summed E-state index contributed by atoms with van der Waals surface area (Å²) in [5.74, 6) is 1.55. The van der Waals surface area contributed by atoms with Crippen molar-refractivity contribution < 1.29 is 9.63 Å². The maximum absolute atomic E-state index is 9.85. The van der Waals surface area contributed by atoms with Crippen molar-refractivity contribution in [1.29, 1.82) is 0 Å². The molecular weight excluding hydrogens is 264 g/mol. The molecule has 2 atom stereocenters. The van der Waals surface area contributed by atoms with E-state index in [-0.39, 0.29) is 12.0 Å². The van der Waals surface area contributed by atoms with Crippen LogP contribution in [0.4, 0.5) is 0 Å². The van der Waals surface area contributed by atoms with Gasteiger partial charge in [0.1, 0.15) is 0 Å². The van der Waals surface area contributed by atoms with E-state index in [9.17, 15) is 5.11 Å². The Bertz CT molecular complexity index is 594. The second-order valence-corrected chi connectivity index (χ2v) is 5.84. The third-order valence-corrected chi connectivity index (χ3v) is 4.20. The molecule has 2 aromatic rings. The van der Waals surface area contributed by atoms with Crippen LogP contribution in [0.5, 0.6) is 0 Å². The number of hydrogen-bond donors (Lipinski definition) is 1. The first-order chi connectivity index (χ1) is 10.3. The number of nitrogens with zero attached hydrogens (tertiary/aromatic N) is 2. The largest absolute Gasteiger partial charge is 0.393 e. The highest BCUT2D eigenvalue weighted by molar-refractivity contribution is 5.36. The lowest BCUT2D eigenvalue weighted by Gasteiger charge is -2.22. The number of aliphatic hydroxyl groups is 1. The number of aromatic nitrogens is 2. The molecule has 0 bridgehead atoms. The Labute approximate surface area is 125 Å². The van der Waals surface area contributed by atoms with Crippen LogP contribution in [-0.2, 0) is 12.8 Å². The summed E-state index contributed by atoms with van der Waals surface area (Å²) >= 11 is 0. The molecule has 1 aliphatic rings. The zero-order chi connectivity index (χ0) is 14.7. The van der Waals surface area contributed by atoms with Crippen molar-refractivity contribution in [2.75, 3.05) is 0 Å². The highest BCUT2D eigenvalue weighted by Crippen LogP contribution is 2.35. The average Bonchev–Trinajstić information content (AvgIpc) is 2.95. The summed E-state index contributed by atoms with van der Waals surface area (Å²) in [7, 11) is 0. The molecular formula is C17H22N2O2. The Morgan fingerprint density at radius 1 is 1.38 bits per heavy atom. The van der Waals surface area contributed by atoms with Gasteiger partial charge in [0.25, 0.3) is 0 Å². The first-order valence-electron chi connectivity index (χ1n) is 7.86. The van der Waals surface area contributed by atoms with E-state index in [2.05, 4.69) is 41.3 Å². The maximum Gasteiger partial charge on any atom is 0.229 e. The first kappa shape index (κ1) is 14.3. The topological polar surface area (TPSA) is 59.2 Å². The lowest BCUT2D eigenvalue weighted by molar-refractivity contribution is 0.151. The Hall–Kier alpha value is -1.68. The lowest BCUT2D eigenvalue weighted by atomic mass is 9.82. The van der Waals surface area contributed by atoms with Gasteiger partial charge in [0.2, 0.25) is 5.89 Å². The van der Waals surface area contributed by atoms with Crippen LogP contribution in [0.1, 0.15) is 61.4 Å². The van der Waals surface area contributed by atoms with E-state index in [1.165, 1.54) is 11.1 Å². The number of aryl methyl sites for hydroxylation is 1. The zero-order valence-corrected chi connectivity index (χ0v) is 12.5. The molecule has 1 N–H and O–H groups in total. The van der Waals surface area contributed by atoms with E-state index in [0.29, 0.717) is 12.3 Å². The van der Waals surface area contributed by atoms with Crippen LogP contribution in [0.2, 0.25) is 0 Å². The Kier molecular flexibility index (Phi) is 4.34. The quantitative estimate of drug-likeness (QED) is 0.916. The summed E-state index contributed by atoms with van der Waals surface area (Å²) in [5, 5.41) is 14.0. The molecule has 2 unspecified atom stereocenters. The van der Waals surface area contributed by atoms with Crippen LogP contribution in [0.25, 0.3) is 0 Å². The number of aliphatic hydroxyl groups excluding tert-OH is 1. The van der Waals surface area contributed by atoms with E-state index in [1.807, 2.05) is 0 Å². The van der Waals surface area contributed by atoms with Crippen LogP contribution in [0, 0.1) is 0 Å². The van der Waals surface area contributed by atoms with Gasteiger partial charge in [-0.1, -0.05) is 42.8 Å². The van der Waals surface area contributed by atoms with Gasteiger partial charge in [-0.2, -0.15) is 4.98 Å². The number of fused-ring (bicyclic) bond motifs is 1. The molecule has 112 valence electrons. The Balaban J connectivity index is 1.78. The summed E-state index contributed by atoms with van der Waals surface area (Å²) in [4.78, 5) is 4.52. The fourth-order valence-corrected chi connectivity index (χ4v) is 3.15. The third-order valence-electron chi connectivity index (χ3n) is 4.20. The standard InChI is InChI=1S/C17H22N2O2/c1-2-6-13(20)11-16-18-17(19-21-16)15-10-5-8-12-7-3-4-9-14(12)15/h3-4,7,9,13,15,20H,2,5-6,8,10-11H2,1H3. The predicted octanol–water partition coefficient (Wildman–Crippen LogP) is 3.24. The molecule has 0 fully saturated rings. The second-order valence-electron chi connectivity index (χ2n) is 5.84. The highest BCUT2D eigenvalue weighted by atomic mass is 16.5. The minimum absolute atomic E-state index is 0.232. The molecule has 1 heterocycles. The van der Waals surface area contributed by atoms with Crippen molar-refractivity contribution in [3.05, 3.63) is 47.1 Å². The van der Waals surface area contributed by atoms with Gasteiger partial charge in [0.15, 0.2) is 5.82 Å². The summed E-state index contributed by atoms with van der Waals surface area (Å²) in [6, 6.07) is 8.52. The molecule has 4 nitrogen and oxygen atoms in total. The van der Waals surface area contributed by atoms with Crippen molar-refractivity contribution in [3.63, 3.8) is 0 Å². The molecule has 1 aromatic carbocycles. The molecule has 1 aliphatic carbocycles. The van der Waals surface area contributed by atoms with Crippen LogP contribution in [0.3, 0.4) is 0 Å². The lowest BCUT2D eigenvalue weighted by Crippen LogP contribution is -2.13. The van der Waals surface area contributed by atoms with Gasteiger partial charge >= 0.3 is 0 Å². The monoisotopic (exact) mass is 286 g/mol. The Morgan fingerprint density at radius 3 is 3.10 bits per heavy atom. The van der Waals surface area contributed by atoms with Gasteiger partial charge in [0, 0.05) is 5.92 Å².